The van der Waals surface area contributed by atoms with E-state index >= 15 is 0 Å². The number of anilines is 1. The first-order valence-electron chi connectivity index (χ1n) is 9.08. The van der Waals surface area contributed by atoms with Crippen molar-refractivity contribution in [3.63, 3.8) is 0 Å². The zero-order valence-corrected chi connectivity index (χ0v) is 15.1. The van der Waals surface area contributed by atoms with Gasteiger partial charge in [0.25, 0.3) is 0 Å². The Balaban J connectivity index is 1.47. The smallest absolute Gasteiger partial charge is 0.132 e. The first-order valence-corrected chi connectivity index (χ1v) is 9.08. The summed E-state index contributed by atoms with van der Waals surface area (Å²) in [6.07, 6.45) is 1.79. The van der Waals surface area contributed by atoms with Crippen molar-refractivity contribution in [2.75, 3.05) is 45.7 Å². The average Bonchev–Trinajstić information content (AvgIpc) is 3.54. The van der Waals surface area contributed by atoms with Gasteiger partial charge in [0.15, 0.2) is 0 Å². The molecular formula is C21H27N2O2+. The Kier molecular flexibility index (Phi) is 4.50. The van der Waals surface area contributed by atoms with E-state index in [0.717, 1.165) is 42.9 Å². The van der Waals surface area contributed by atoms with Crippen LogP contribution in [0.5, 0.6) is 0 Å². The Bertz CT molecular complexity index is 690. The number of hydrogen-bond donors (Lipinski definition) is 1. The molecule has 0 bridgehead atoms. The Hall–Kier alpha value is -1.88. The van der Waals surface area contributed by atoms with Crippen LogP contribution in [0.3, 0.4) is 0 Å². The summed E-state index contributed by atoms with van der Waals surface area (Å²) in [7, 11) is 4.25. The van der Waals surface area contributed by atoms with E-state index in [1.807, 2.05) is 7.05 Å². The Labute approximate surface area is 150 Å². The van der Waals surface area contributed by atoms with Crippen LogP contribution in [0.4, 0.5) is 11.4 Å². The SMILES string of the molecule is CNc1ccc(Cc2ccc([N+](C)(CC3CO3)CC3CO3)cc2)cc1. The highest BCUT2D eigenvalue weighted by Crippen LogP contribution is 2.29. The van der Waals surface area contributed by atoms with Crippen molar-refractivity contribution in [1.82, 2.24) is 4.48 Å². The number of rotatable bonds is 8. The third kappa shape index (κ3) is 4.21. The van der Waals surface area contributed by atoms with Gasteiger partial charge in [0.05, 0.1) is 20.3 Å². The second-order valence-electron chi connectivity index (χ2n) is 7.46. The second-order valence-corrected chi connectivity index (χ2v) is 7.46. The molecule has 25 heavy (non-hydrogen) atoms. The van der Waals surface area contributed by atoms with Crippen molar-refractivity contribution in [3.8, 4) is 0 Å². The molecule has 2 atom stereocenters. The topological polar surface area (TPSA) is 37.1 Å². The van der Waals surface area contributed by atoms with E-state index < -0.39 is 0 Å². The fraction of sp³-hybridized carbons (Fsp3) is 0.429. The molecule has 2 fully saturated rings. The van der Waals surface area contributed by atoms with E-state index in [0.29, 0.717) is 12.2 Å². The number of likely N-dealkylation sites (N-methyl/N-ethyl adjacent to an activating group) is 1. The monoisotopic (exact) mass is 339 g/mol. The molecule has 0 spiro atoms. The highest BCUT2D eigenvalue weighted by Gasteiger charge is 2.40. The van der Waals surface area contributed by atoms with Crippen LogP contribution in [0, 0.1) is 0 Å². The van der Waals surface area contributed by atoms with E-state index in [1.54, 1.807) is 0 Å². The van der Waals surface area contributed by atoms with Gasteiger partial charge in [-0.15, -0.1) is 0 Å². The van der Waals surface area contributed by atoms with Gasteiger partial charge in [-0.05, 0) is 41.8 Å². The summed E-state index contributed by atoms with van der Waals surface area (Å²) in [4.78, 5) is 0. The van der Waals surface area contributed by atoms with Crippen LogP contribution >= 0.6 is 0 Å². The van der Waals surface area contributed by atoms with Crippen LogP contribution in [0.2, 0.25) is 0 Å². The normalized spacial score (nSPS) is 23.8. The molecular weight excluding hydrogens is 312 g/mol. The Morgan fingerprint density at radius 1 is 0.880 bits per heavy atom. The van der Waals surface area contributed by atoms with Gasteiger partial charge in [-0.25, -0.2) is 0 Å². The van der Waals surface area contributed by atoms with Crippen molar-refractivity contribution >= 4 is 11.4 Å². The molecule has 2 unspecified atom stereocenters. The van der Waals surface area contributed by atoms with E-state index in [9.17, 15) is 0 Å². The molecule has 4 nitrogen and oxygen atoms in total. The molecule has 0 radical (unpaired) electrons. The van der Waals surface area contributed by atoms with Crippen LogP contribution in [-0.4, -0.2) is 52.6 Å². The maximum Gasteiger partial charge on any atom is 0.132 e. The zero-order chi connectivity index (χ0) is 17.3. The lowest BCUT2D eigenvalue weighted by atomic mass is 10.0. The fourth-order valence-corrected chi connectivity index (χ4v) is 3.53. The van der Waals surface area contributed by atoms with Crippen LogP contribution in [-0.2, 0) is 15.9 Å². The second kappa shape index (κ2) is 6.79. The number of benzene rings is 2. The van der Waals surface area contributed by atoms with Gasteiger partial charge < -0.3 is 14.8 Å². The number of epoxide rings is 2. The predicted octanol–water partition coefficient (Wildman–Crippen LogP) is 3.05. The Morgan fingerprint density at radius 2 is 1.36 bits per heavy atom. The van der Waals surface area contributed by atoms with Crippen molar-refractivity contribution in [3.05, 3.63) is 59.7 Å². The van der Waals surface area contributed by atoms with E-state index in [2.05, 4.69) is 60.9 Å². The lowest BCUT2D eigenvalue weighted by molar-refractivity contribution is 0.255. The molecule has 2 aromatic carbocycles. The van der Waals surface area contributed by atoms with Gasteiger partial charge in [-0.3, -0.25) is 4.48 Å². The van der Waals surface area contributed by atoms with Gasteiger partial charge in [-0.1, -0.05) is 24.3 Å². The fourth-order valence-electron chi connectivity index (χ4n) is 3.53. The summed E-state index contributed by atoms with van der Waals surface area (Å²) in [5, 5.41) is 3.16. The van der Waals surface area contributed by atoms with Crippen molar-refractivity contribution in [2.24, 2.45) is 0 Å². The van der Waals surface area contributed by atoms with Crippen molar-refractivity contribution < 1.29 is 9.47 Å². The van der Waals surface area contributed by atoms with Gasteiger partial charge in [-0.2, -0.15) is 0 Å². The van der Waals surface area contributed by atoms with Gasteiger partial charge in [0, 0.05) is 12.7 Å². The number of quaternary nitrogens is 1. The third-order valence-corrected chi connectivity index (χ3v) is 5.23. The number of nitrogens with one attached hydrogen (secondary N) is 1. The average molecular weight is 339 g/mol. The third-order valence-electron chi connectivity index (χ3n) is 5.23. The van der Waals surface area contributed by atoms with Gasteiger partial charge in [0.1, 0.15) is 31.0 Å². The first-order chi connectivity index (χ1) is 12.1. The molecule has 2 aliphatic rings. The summed E-state index contributed by atoms with van der Waals surface area (Å²) in [5.74, 6) is 0. The van der Waals surface area contributed by atoms with Gasteiger partial charge in [0.2, 0.25) is 0 Å². The molecule has 132 valence electrons. The quantitative estimate of drug-likeness (QED) is 0.593. The molecule has 2 saturated heterocycles. The lowest BCUT2D eigenvalue weighted by Crippen LogP contribution is -2.50. The largest absolute Gasteiger partial charge is 0.388 e. The Morgan fingerprint density at radius 3 is 1.80 bits per heavy atom. The minimum Gasteiger partial charge on any atom is -0.388 e. The van der Waals surface area contributed by atoms with E-state index in [1.165, 1.54) is 16.8 Å². The molecule has 0 aromatic heterocycles. The molecule has 4 heteroatoms. The molecule has 0 amide bonds. The summed E-state index contributed by atoms with van der Waals surface area (Å²) in [5.41, 5.74) is 5.18. The highest BCUT2D eigenvalue weighted by molar-refractivity contribution is 5.47. The summed E-state index contributed by atoms with van der Waals surface area (Å²) in [6, 6.07) is 17.7. The zero-order valence-electron chi connectivity index (χ0n) is 15.1. The van der Waals surface area contributed by atoms with Crippen LogP contribution in [0.25, 0.3) is 0 Å². The minimum absolute atomic E-state index is 0.411. The predicted molar refractivity (Wildman–Crippen MR) is 102 cm³/mol. The minimum atomic E-state index is 0.411. The maximum absolute atomic E-state index is 5.49. The van der Waals surface area contributed by atoms with Crippen LogP contribution in [0.1, 0.15) is 11.1 Å². The van der Waals surface area contributed by atoms with Crippen LogP contribution < -0.4 is 9.80 Å². The number of ether oxygens (including phenoxy) is 2. The molecule has 2 aromatic rings. The molecule has 4 rings (SSSR count). The summed E-state index contributed by atoms with van der Waals surface area (Å²) < 4.78 is 11.9. The standard InChI is InChI=1S/C21H27N2O2/c1-22-18-7-3-16(4-8-18)11-17-5-9-19(10-6-17)23(2,12-20-14-24-20)13-21-15-25-21/h3-10,20-22H,11-15H2,1-2H3/q+1. The summed E-state index contributed by atoms with van der Waals surface area (Å²) >= 11 is 0. The molecule has 0 aliphatic carbocycles. The molecule has 2 heterocycles. The molecule has 2 aliphatic heterocycles. The molecule has 1 N–H and O–H groups in total. The van der Waals surface area contributed by atoms with Crippen LogP contribution in [0.15, 0.2) is 48.5 Å². The first kappa shape index (κ1) is 16.6. The number of nitrogens with zero attached hydrogens (tertiary/aromatic N) is 1. The van der Waals surface area contributed by atoms with Crippen molar-refractivity contribution in [1.29, 1.82) is 0 Å². The lowest BCUT2D eigenvalue weighted by Gasteiger charge is -2.33. The van der Waals surface area contributed by atoms with Gasteiger partial charge >= 0.3 is 0 Å². The summed E-state index contributed by atoms with van der Waals surface area (Å²) in [6.45, 7) is 3.87. The van der Waals surface area contributed by atoms with E-state index in [-0.39, 0.29) is 0 Å². The number of hydrogen-bond acceptors (Lipinski definition) is 3. The molecule has 0 saturated carbocycles. The van der Waals surface area contributed by atoms with E-state index in [4.69, 9.17) is 9.47 Å². The van der Waals surface area contributed by atoms with Crippen molar-refractivity contribution in [2.45, 2.75) is 18.6 Å². The maximum atomic E-state index is 5.49. The highest BCUT2D eigenvalue weighted by atomic mass is 16.6.